The standard InChI is InChI=1S/C25H39NO9/c1-13(34-25-23(32)22(31)20(29)17(12-27)35-25)8-6-4-5-7-9-15-10-11-16(28)19-18(15)21(30)24(33-3)14(2)26-19/h13,15,17,20,22-23,25,27,29,31-32H,4-12H2,1-3H3,(H,26,30)/t13-,15-,17+,20+,22-,23+,25+/m0/s1. The molecule has 1 saturated heterocycles. The Balaban J connectivity index is 1.43. The number of ketones is 1. The van der Waals surface area contributed by atoms with E-state index in [0.29, 0.717) is 36.2 Å². The number of ether oxygens (including phenoxy) is 3. The van der Waals surface area contributed by atoms with Gasteiger partial charge in [0.1, 0.15) is 24.4 Å². The number of unbranched alkanes of at least 4 members (excludes halogenated alkanes) is 3. The summed E-state index contributed by atoms with van der Waals surface area (Å²) < 4.78 is 16.4. The molecule has 10 heteroatoms. The lowest BCUT2D eigenvalue weighted by Crippen LogP contribution is -2.59. The summed E-state index contributed by atoms with van der Waals surface area (Å²) in [5, 5.41) is 39.1. The van der Waals surface area contributed by atoms with Crippen molar-refractivity contribution in [3.8, 4) is 5.75 Å². The maximum atomic E-state index is 12.9. The number of aromatic nitrogens is 1. The average molecular weight is 498 g/mol. The molecule has 0 spiro atoms. The molecule has 1 aromatic heterocycles. The van der Waals surface area contributed by atoms with Crippen molar-refractivity contribution >= 4 is 5.78 Å². The maximum absolute atomic E-state index is 12.9. The fraction of sp³-hybridized carbons (Fsp3) is 0.760. The normalized spacial score (nSPS) is 29.6. The molecule has 1 aromatic rings. The van der Waals surface area contributed by atoms with Crippen molar-refractivity contribution in [3.05, 3.63) is 27.2 Å². The Morgan fingerprint density at radius 1 is 1.09 bits per heavy atom. The first-order valence-corrected chi connectivity index (χ1v) is 12.5. The summed E-state index contributed by atoms with van der Waals surface area (Å²) in [6, 6.07) is 0. The van der Waals surface area contributed by atoms with E-state index in [1.54, 1.807) is 6.92 Å². The Labute approximate surface area is 205 Å². The smallest absolute Gasteiger partial charge is 0.227 e. The van der Waals surface area contributed by atoms with Gasteiger partial charge in [0.05, 0.1) is 31.2 Å². The predicted molar refractivity (Wildman–Crippen MR) is 127 cm³/mol. The second-order valence-corrected chi connectivity index (χ2v) is 9.70. The number of fused-ring (bicyclic) bond motifs is 1. The third-order valence-corrected chi connectivity index (χ3v) is 7.11. The minimum Gasteiger partial charge on any atom is -0.491 e. The summed E-state index contributed by atoms with van der Waals surface area (Å²) in [5.74, 6) is 0.290. The summed E-state index contributed by atoms with van der Waals surface area (Å²) >= 11 is 0. The molecule has 5 N–H and O–H groups in total. The maximum Gasteiger partial charge on any atom is 0.227 e. The summed E-state index contributed by atoms with van der Waals surface area (Å²) in [7, 11) is 1.46. The summed E-state index contributed by atoms with van der Waals surface area (Å²) in [6.07, 6.45) is -0.225. The molecule has 0 amide bonds. The fourth-order valence-corrected chi connectivity index (χ4v) is 5.09. The van der Waals surface area contributed by atoms with E-state index in [2.05, 4.69) is 4.98 Å². The molecular formula is C25H39NO9. The van der Waals surface area contributed by atoms with Crippen LogP contribution in [0.4, 0.5) is 0 Å². The van der Waals surface area contributed by atoms with Gasteiger partial charge < -0.3 is 39.6 Å². The predicted octanol–water partition coefficient (Wildman–Crippen LogP) is 1.30. The van der Waals surface area contributed by atoms with Crippen LogP contribution >= 0.6 is 0 Å². The van der Waals surface area contributed by atoms with Gasteiger partial charge >= 0.3 is 0 Å². The molecule has 0 aromatic carbocycles. The number of aliphatic hydroxyl groups excluding tert-OH is 4. The molecule has 0 radical (unpaired) electrons. The average Bonchev–Trinajstić information content (AvgIpc) is 2.83. The van der Waals surface area contributed by atoms with Crippen LogP contribution in [0.1, 0.15) is 86.0 Å². The molecule has 35 heavy (non-hydrogen) atoms. The van der Waals surface area contributed by atoms with Crippen molar-refractivity contribution in [2.45, 2.75) is 108 Å². The first-order chi connectivity index (χ1) is 16.7. The number of rotatable bonds is 11. The minimum absolute atomic E-state index is 0.0208. The van der Waals surface area contributed by atoms with Gasteiger partial charge in [0, 0.05) is 12.0 Å². The fourth-order valence-electron chi connectivity index (χ4n) is 5.09. The van der Waals surface area contributed by atoms with E-state index in [9.17, 15) is 30.0 Å². The molecule has 1 aliphatic carbocycles. The van der Waals surface area contributed by atoms with Crippen molar-refractivity contribution in [2.24, 2.45) is 0 Å². The summed E-state index contributed by atoms with van der Waals surface area (Å²) in [6.45, 7) is 3.09. The second kappa shape index (κ2) is 12.4. The van der Waals surface area contributed by atoms with E-state index in [-0.39, 0.29) is 29.0 Å². The molecule has 0 bridgehead atoms. The highest BCUT2D eigenvalue weighted by molar-refractivity contribution is 5.97. The highest BCUT2D eigenvalue weighted by atomic mass is 16.7. The largest absolute Gasteiger partial charge is 0.491 e. The number of hydrogen-bond acceptors (Lipinski definition) is 9. The third kappa shape index (κ3) is 6.31. The molecular weight excluding hydrogens is 458 g/mol. The molecule has 10 nitrogen and oxygen atoms in total. The van der Waals surface area contributed by atoms with Crippen molar-refractivity contribution in [2.75, 3.05) is 13.7 Å². The van der Waals surface area contributed by atoms with Crippen LogP contribution in [0, 0.1) is 6.92 Å². The number of Topliss-reactive ketones (excluding diaryl/α,β-unsaturated/α-hetero) is 1. The molecule has 0 saturated carbocycles. The van der Waals surface area contributed by atoms with Gasteiger partial charge in [-0.05, 0) is 39.0 Å². The number of H-pyrrole nitrogens is 1. The Kier molecular flexibility index (Phi) is 9.86. The monoisotopic (exact) mass is 497 g/mol. The molecule has 7 atom stereocenters. The van der Waals surface area contributed by atoms with Gasteiger partial charge in [0.15, 0.2) is 17.8 Å². The lowest BCUT2D eigenvalue weighted by molar-refractivity contribution is -0.310. The van der Waals surface area contributed by atoms with Crippen molar-refractivity contribution in [1.82, 2.24) is 4.98 Å². The van der Waals surface area contributed by atoms with Gasteiger partial charge in [0.2, 0.25) is 5.43 Å². The highest BCUT2D eigenvalue weighted by Crippen LogP contribution is 2.34. The quantitative estimate of drug-likeness (QED) is 0.284. The number of carbonyl (C=O) groups is 1. The SMILES string of the molecule is COc1c(C)[nH]c2c(c1=O)[C@@H](CCCCCC[C@H](C)O[C@@H]1O[C@H](CO)[C@@H](O)[C@H](O)[C@H]1O)CCC2=O. The zero-order chi connectivity index (χ0) is 25.7. The van der Waals surface area contributed by atoms with E-state index >= 15 is 0 Å². The van der Waals surface area contributed by atoms with Crippen LogP contribution < -0.4 is 10.2 Å². The van der Waals surface area contributed by atoms with E-state index in [1.165, 1.54) is 7.11 Å². The highest BCUT2D eigenvalue weighted by Gasteiger charge is 2.44. The second-order valence-electron chi connectivity index (χ2n) is 9.70. The van der Waals surface area contributed by atoms with Crippen molar-refractivity contribution in [1.29, 1.82) is 0 Å². The third-order valence-electron chi connectivity index (χ3n) is 7.11. The van der Waals surface area contributed by atoms with Crippen molar-refractivity contribution in [3.63, 3.8) is 0 Å². The molecule has 198 valence electrons. The van der Waals surface area contributed by atoms with Crippen molar-refractivity contribution < 1.29 is 39.4 Å². The van der Waals surface area contributed by atoms with Crippen LogP contribution in [0.3, 0.4) is 0 Å². The van der Waals surface area contributed by atoms with Crippen LogP contribution in [0.5, 0.6) is 5.75 Å². The number of aryl methyl sites for hydroxylation is 1. The Morgan fingerprint density at radius 3 is 2.49 bits per heavy atom. The molecule has 3 rings (SSSR count). The van der Waals surface area contributed by atoms with Crippen LogP contribution in [-0.4, -0.2) is 81.7 Å². The molecule has 0 unspecified atom stereocenters. The molecule has 1 fully saturated rings. The van der Waals surface area contributed by atoms with Gasteiger partial charge in [-0.3, -0.25) is 9.59 Å². The van der Waals surface area contributed by atoms with E-state index in [1.807, 2.05) is 6.92 Å². The zero-order valence-corrected chi connectivity index (χ0v) is 20.7. The van der Waals surface area contributed by atoms with Gasteiger partial charge in [-0.25, -0.2) is 0 Å². The van der Waals surface area contributed by atoms with Gasteiger partial charge in [-0.2, -0.15) is 0 Å². The number of pyridine rings is 1. The van der Waals surface area contributed by atoms with Crippen LogP contribution in [0.2, 0.25) is 0 Å². The molecule has 1 aliphatic heterocycles. The first-order valence-electron chi connectivity index (χ1n) is 12.5. The Morgan fingerprint density at radius 2 is 1.80 bits per heavy atom. The summed E-state index contributed by atoms with van der Waals surface area (Å²) in [5.41, 5.74) is 1.38. The van der Waals surface area contributed by atoms with Gasteiger partial charge in [-0.1, -0.05) is 25.7 Å². The number of hydrogen-bond donors (Lipinski definition) is 5. The van der Waals surface area contributed by atoms with Gasteiger partial charge in [0.25, 0.3) is 0 Å². The Bertz CT molecular complexity index is 915. The van der Waals surface area contributed by atoms with E-state index in [0.717, 1.165) is 32.1 Å². The van der Waals surface area contributed by atoms with Gasteiger partial charge in [-0.15, -0.1) is 0 Å². The van der Waals surface area contributed by atoms with E-state index in [4.69, 9.17) is 14.2 Å². The van der Waals surface area contributed by atoms with Crippen LogP contribution in [0.15, 0.2) is 4.79 Å². The van der Waals surface area contributed by atoms with E-state index < -0.39 is 37.3 Å². The minimum atomic E-state index is -1.45. The van der Waals surface area contributed by atoms with Crippen LogP contribution in [0.25, 0.3) is 0 Å². The lowest BCUT2D eigenvalue weighted by Gasteiger charge is -2.40. The number of methoxy groups -OCH3 is 1. The first kappa shape index (κ1) is 27.8. The summed E-state index contributed by atoms with van der Waals surface area (Å²) in [4.78, 5) is 28.4. The number of aliphatic hydroxyl groups is 4. The number of aromatic amines is 1. The lowest BCUT2D eigenvalue weighted by atomic mass is 9.81. The Hall–Kier alpha value is -1.82. The topological polar surface area (TPSA) is 159 Å². The number of nitrogens with one attached hydrogen (secondary N) is 1. The molecule has 2 aliphatic rings. The zero-order valence-electron chi connectivity index (χ0n) is 20.7. The number of carbonyl (C=O) groups excluding carboxylic acids is 1. The van der Waals surface area contributed by atoms with Crippen LogP contribution in [-0.2, 0) is 9.47 Å². The molecule has 2 heterocycles.